The van der Waals surface area contributed by atoms with Gasteiger partial charge < -0.3 is 25.2 Å². The molecule has 0 unspecified atom stereocenters. The zero-order valence-corrected chi connectivity index (χ0v) is 30.7. The van der Waals surface area contributed by atoms with Crippen LogP contribution < -0.4 is 0 Å². The molecule has 0 saturated heterocycles. The number of aromatic amines is 3. The van der Waals surface area contributed by atoms with E-state index in [2.05, 4.69) is 94.6 Å². The summed E-state index contributed by atoms with van der Waals surface area (Å²) in [6.45, 7) is 17.9. The van der Waals surface area contributed by atoms with Crippen molar-refractivity contribution in [1.29, 1.82) is 0 Å². The Morgan fingerprint density at radius 1 is 0.490 bits per heavy atom. The van der Waals surface area contributed by atoms with Crippen molar-refractivity contribution in [2.45, 2.75) is 107 Å². The Labute approximate surface area is 290 Å². The summed E-state index contributed by atoms with van der Waals surface area (Å²) in [5, 5.41) is 19.6. The SMILES string of the molecule is CCC1=C(C)c2nc1cc1[nH]c(cc3[nH]c(cc4[nH]c(cc5nc2C(C)=C5CC)c(C)c4CCCO)c(CC)c3CC)c(CCCO)c1C. The van der Waals surface area contributed by atoms with Crippen molar-refractivity contribution in [3.63, 3.8) is 0 Å². The number of fused-ring (bicyclic) bond motifs is 11. The van der Waals surface area contributed by atoms with Crippen LogP contribution in [-0.2, 0) is 25.7 Å². The Hall–Kier alpha value is -4.20. The molecule has 49 heavy (non-hydrogen) atoms. The maximum Gasteiger partial charge on any atom is 0.0929 e. The molecule has 7 heteroatoms. The molecule has 0 spiro atoms. The Morgan fingerprint density at radius 3 is 1.20 bits per heavy atom. The van der Waals surface area contributed by atoms with Crippen molar-refractivity contribution in [2.75, 3.05) is 13.2 Å². The minimum Gasteiger partial charge on any atom is -0.396 e. The van der Waals surface area contributed by atoms with Gasteiger partial charge in [0.15, 0.2) is 0 Å². The lowest BCUT2D eigenvalue weighted by Crippen LogP contribution is -1.90. The van der Waals surface area contributed by atoms with Crippen molar-refractivity contribution >= 4 is 55.4 Å². The number of hydrogen-bond acceptors (Lipinski definition) is 4. The summed E-state index contributed by atoms with van der Waals surface area (Å²) < 4.78 is 0. The van der Waals surface area contributed by atoms with Crippen LogP contribution in [0, 0.1) is 13.8 Å². The third-order valence-corrected chi connectivity index (χ3v) is 10.8. The number of aliphatic hydroxyl groups excluding tert-OH is 2. The summed E-state index contributed by atoms with van der Waals surface area (Å²) in [6, 6.07) is 8.97. The molecular formula is C42H53N5O2. The lowest BCUT2D eigenvalue weighted by molar-refractivity contribution is 0.288. The van der Waals surface area contributed by atoms with Crippen LogP contribution in [0.15, 0.2) is 24.3 Å². The van der Waals surface area contributed by atoms with Crippen molar-refractivity contribution < 1.29 is 10.2 Å². The van der Waals surface area contributed by atoms with Crippen molar-refractivity contribution in [1.82, 2.24) is 24.9 Å². The van der Waals surface area contributed by atoms with Crippen LogP contribution in [-0.4, -0.2) is 48.3 Å². The highest BCUT2D eigenvalue weighted by molar-refractivity contribution is 5.99. The second kappa shape index (κ2) is 14.3. The largest absolute Gasteiger partial charge is 0.396 e. The van der Waals surface area contributed by atoms with Gasteiger partial charge in [-0.05, 0) is 159 Å². The fraction of sp³-hybridized carbons (Fsp3) is 0.429. The van der Waals surface area contributed by atoms with Crippen LogP contribution in [0.5, 0.6) is 0 Å². The first-order valence-corrected chi connectivity index (χ1v) is 18.3. The topological polar surface area (TPSA) is 114 Å². The van der Waals surface area contributed by atoms with E-state index < -0.39 is 0 Å². The van der Waals surface area contributed by atoms with Crippen LogP contribution >= 0.6 is 0 Å². The fourth-order valence-corrected chi connectivity index (χ4v) is 8.09. The Morgan fingerprint density at radius 2 is 0.857 bits per heavy atom. The van der Waals surface area contributed by atoms with E-state index in [0.717, 1.165) is 94.4 Å². The van der Waals surface area contributed by atoms with E-state index >= 15 is 0 Å². The molecule has 0 saturated carbocycles. The van der Waals surface area contributed by atoms with Gasteiger partial charge in [-0.3, -0.25) is 0 Å². The van der Waals surface area contributed by atoms with E-state index in [1.165, 1.54) is 55.7 Å². The Balaban J connectivity index is 1.83. The predicted octanol–water partition coefficient (Wildman–Crippen LogP) is 9.63. The summed E-state index contributed by atoms with van der Waals surface area (Å²) in [5.41, 5.74) is 22.7. The molecule has 258 valence electrons. The molecule has 2 aliphatic heterocycles. The van der Waals surface area contributed by atoms with Crippen LogP contribution in [0.1, 0.15) is 123 Å². The normalized spacial score (nSPS) is 13.3. The summed E-state index contributed by atoms with van der Waals surface area (Å²) in [4.78, 5) is 22.0. The highest BCUT2D eigenvalue weighted by atomic mass is 16.3. The van der Waals surface area contributed by atoms with Crippen molar-refractivity contribution in [3.8, 4) is 0 Å². The molecule has 4 aromatic rings. The molecule has 6 rings (SSSR count). The lowest BCUT2D eigenvalue weighted by Gasteiger charge is -2.02. The maximum atomic E-state index is 9.81. The van der Waals surface area contributed by atoms with Crippen LogP contribution in [0.4, 0.5) is 0 Å². The molecule has 0 amide bonds. The molecule has 10 bridgehead atoms. The number of nitrogens with zero attached hydrogens (tertiary/aromatic N) is 2. The van der Waals surface area contributed by atoms with Crippen LogP contribution in [0.2, 0.25) is 0 Å². The van der Waals surface area contributed by atoms with E-state index in [4.69, 9.17) is 9.97 Å². The van der Waals surface area contributed by atoms with E-state index in [-0.39, 0.29) is 13.2 Å². The highest BCUT2D eigenvalue weighted by Gasteiger charge is 2.25. The zero-order valence-electron chi connectivity index (χ0n) is 30.7. The number of aryl methyl sites for hydroxylation is 6. The van der Waals surface area contributed by atoms with Gasteiger partial charge in [-0.15, -0.1) is 0 Å². The average molecular weight is 660 g/mol. The standard InChI is InChI=1S/C42H53N5O2/c1-9-27-25(7)41-42-26(8)28(10-2)36(47-42)20-34-24(6)32(16-14-18-49)40(44-34)22-38-30(12-4)29(11-3)37(45-38)21-39-31(15-13-17-48)23(5)33(43-39)19-35(27)46-41/h19-22,43-45,48-49H,9-18H2,1-8H3. The molecule has 0 fully saturated rings. The van der Waals surface area contributed by atoms with Gasteiger partial charge in [0.2, 0.25) is 0 Å². The number of aliphatic hydroxyl groups is 2. The van der Waals surface area contributed by atoms with Gasteiger partial charge in [-0.1, -0.05) is 27.7 Å². The zero-order chi connectivity index (χ0) is 35.0. The van der Waals surface area contributed by atoms with Gasteiger partial charge in [0.25, 0.3) is 0 Å². The molecule has 0 aromatic carbocycles. The maximum absolute atomic E-state index is 9.81. The van der Waals surface area contributed by atoms with Crippen LogP contribution in [0.25, 0.3) is 55.4 Å². The van der Waals surface area contributed by atoms with Gasteiger partial charge >= 0.3 is 0 Å². The number of H-pyrrole nitrogens is 3. The number of nitrogens with one attached hydrogen (secondary N) is 3. The Bertz CT molecular complexity index is 2030. The summed E-state index contributed by atoms with van der Waals surface area (Å²) in [5.74, 6) is 0. The van der Waals surface area contributed by atoms with Crippen molar-refractivity contribution in [2.24, 2.45) is 0 Å². The van der Waals surface area contributed by atoms with Crippen LogP contribution in [0.3, 0.4) is 0 Å². The summed E-state index contributed by atoms with van der Waals surface area (Å²) in [7, 11) is 0. The third-order valence-electron chi connectivity index (χ3n) is 10.8. The van der Waals surface area contributed by atoms with E-state index in [0.29, 0.717) is 12.8 Å². The van der Waals surface area contributed by atoms with Crippen molar-refractivity contribution in [3.05, 3.63) is 80.4 Å². The second-order valence-electron chi connectivity index (χ2n) is 13.6. The molecule has 2 aliphatic rings. The van der Waals surface area contributed by atoms with E-state index in [1.807, 2.05) is 0 Å². The predicted molar refractivity (Wildman–Crippen MR) is 206 cm³/mol. The Kier molecular flexibility index (Phi) is 10.1. The molecular weight excluding hydrogens is 606 g/mol. The number of rotatable bonds is 10. The molecule has 0 aliphatic carbocycles. The molecule has 5 N–H and O–H groups in total. The second-order valence-corrected chi connectivity index (χ2v) is 13.6. The molecule has 0 radical (unpaired) electrons. The van der Waals surface area contributed by atoms with Gasteiger partial charge in [-0.25, -0.2) is 9.97 Å². The fourth-order valence-electron chi connectivity index (χ4n) is 8.09. The summed E-state index contributed by atoms with van der Waals surface area (Å²) >= 11 is 0. The first-order chi connectivity index (χ1) is 23.7. The smallest absolute Gasteiger partial charge is 0.0929 e. The first kappa shape index (κ1) is 34.7. The summed E-state index contributed by atoms with van der Waals surface area (Å²) in [6.07, 6.45) is 6.55. The average Bonchev–Trinajstić information content (AvgIpc) is 3.84. The van der Waals surface area contributed by atoms with E-state index in [9.17, 15) is 10.2 Å². The minimum absolute atomic E-state index is 0.152. The van der Waals surface area contributed by atoms with Gasteiger partial charge in [0.1, 0.15) is 0 Å². The van der Waals surface area contributed by atoms with E-state index in [1.54, 1.807) is 0 Å². The number of hydrogen-bond donors (Lipinski definition) is 5. The van der Waals surface area contributed by atoms with Gasteiger partial charge in [-0.2, -0.15) is 0 Å². The first-order valence-electron chi connectivity index (χ1n) is 18.3. The number of aromatic nitrogens is 5. The lowest BCUT2D eigenvalue weighted by atomic mass is 9.99. The molecule has 0 atom stereocenters. The molecule has 6 heterocycles. The highest BCUT2D eigenvalue weighted by Crippen LogP contribution is 2.40. The number of allylic oxidation sites excluding steroid dienone is 4. The third kappa shape index (κ3) is 6.12. The quantitative estimate of drug-likeness (QED) is 0.117. The minimum atomic E-state index is 0.152. The molecule has 4 aromatic heterocycles. The monoisotopic (exact) mass is 659 g/mol. The van der Waals surface area contributed by atoms with Gasteiger partial charge in [0, 0.05) is 46.3 Å². The van der Waals surface area contributed by atoms with Gasteiger partial charge in [0.05, 0.1) is 22.8 Å². The molecule has 7 nitrogen and oxygen atoms in total.